The van der Waals surface area contributed by atoms with Gasteiger partial charge in [-0.2, -0.15) is 0 Å². The van der Waals surface area contributed by atoms with E-state index in [2.05, 4.69) is 16.7 Å². The first-order valence-corrected chi connectivity index (χ1v) is 12.2. The first-order chi connectivity index (χ1) is 17.7. The molecular weight excluding hydrogens is 484 g/mol. The largest absolute Gasteiger partial charge is 0.444 e. The second kappa shape index (κ2) is 12.8. The van der Waals surface area contributed by atoms with Crippen LogP contribution >= 0.6 is 0 Å². The molecule has 0 saturated carbocycles. The monoisotopic (exact) mass is 520 g/mol. The SMILES string of the molecule is C#CN(C(=O)C(CCC(N)=O)NC(=O)OC(C)(C)C)C(C(=O)Nc1c(C)cccc1C)c1ccccc1C. The minimum absolute atomic E-state index is 0.134. The van der Waals surface area contributed by atoms with Crippen LogP contribution in [0.1, 0.15) is 61.9 Å². The van der Waals surface area contributed by atoms with Gasteiger partial charge in [0.2, 0.25) is 5.91 Å². The molecule has 9 heteroatoms. The van der Waals surface area contributed by atoms with E-state index in [0.717, 1.165) is 21.6 Å². The van der Waals surface area contributed by atoms with Crippen molar-refractivity contribution in [3.63, 3.8) is 0 Å². The summed E-state index contributed by atoms with van der Waals surface area (Å²) in [5.41, 5.74) is 8.00. The summed E-state index contributed by atoms with van der Waals surface area (Å²) >= 11 is 0. The minimum Gasteiger partial charge on any atom is -0.444 e. The summed E-state index contributed by atoms with van der Waals surface area (Å²) in [5.74, 6) is -1.96. The smallest absolute Gasteiger partial charge is 0.408 e. The van der Waals surface area contributed by atoms with Gasteiger partial charge in [-0.1, -0.05) is 48.9 Å². The number of primary amides is 1. The molecule has 0 aliphatic carbocycles. The lowest BCUT2D eigenvalue weighted by Gasteiger charge is -2.31. The fraction of sp³-hybridized carbons (Fsp3) is 0.379. The Morgan fingerprint density at radius 2 is 1.58 bits per heavy atom. The number of rotatable bonds is 9. The number of alkyl carbamates (subject to hydrolysis) is 1. The van der Waals surface area contributed by atoms with Gasteiger partial charge in [-0.25, -0.2) is 4.79 Å². The maximum atomic E-state index is 13.8. The van der Waals surface area contributed by atoms with Crippen molar-refractivity contribution in [2.75, 3.05) is 5.32 Å². The Labute approximate surface area is 224 Å². The van der Waals surface area contributed by atoms with Crippen molar-refractivity contribution in [1.29, 1.82) is 0 Å². The van der Waals surface area contributed by atoms with Crippen molar-refractivity contribution in [3.05, 3.63) is 64.7 Å². The van der Waals surface area contributed by atoms with E-state index in [1.165, 1.54) is 0 Å². The first kappa shape index (κ1) is 29.9. The van der Waals surface area contributed by atoms with Gasteiger partial charge in [0.25, 0.3) is 11.8 Å². The number of hydrogen-bond donors (Lipinski definition) is 3. The van der Waals surface area contributed by atoms with Gasteiger partial charge in [0, 0.05) is 18.2 Å². The van der Waals surface area contributed by atoms with Crippen LogP contribution in [0.15, 0.2) is 42.5 Å². The molecule has 0 radical (unpaired) electrons. The molecule has 0 fully saturated rings. The van der Waals surface area contributed by atoms with Crippen molar-refractivity contribution < 1.29 is 23.9 Å². The third-order valence-corrected chi connectivity index (χ3v) is 5.76. The van der Waals surface area contributed by atoms with Crippen molar-refractivity contribution in [3.8, 4) is 12.5 Å². The second-order valence-electron chi connectivity index (χ2n) is 10.1. The summed E-state index contributed by atoms with van der Waals surface area (Å²) in [6, 6.07) is 12.5. The quantitative estimate of drug-likeness (QED) is 0.341. The second-order valence-corrected chi connectivity index (χ2v) is 10.1. The maximum absolute atomic E-state index is 13.8. The molecule has 0 bridgehead atoms. The Balaban J connectivity index is 2.52. The third kappa shape index (κ3) is 8.10. The molecule has 0 aliphatic rings. The zero-order chi connectivity index (χ0) is 28.6. The van der Waals surface area contributed by atoms with E-state index in [0.29, 0.717) is 11.3 Å². The third-order valence-electron chi connectivity index (χ3n) is 5.76. The molecule has 2 unspecified atom stereocenters. The van der Waals surface area contributed by atoms with Crippen molar-refractivity contribution in [2.24, 2.45) is 5.73 Å². The van der Waals surface area contributed by atoms with Crippen LogP contribution < -0.4 is 16.4 Å². The number of nitrogens with one attached hydrogen (secondary N) is 2. The fourth-order valence-electron chi connectivity index (χ4n) is 3.92. The molecule has 0 aliphatic heterocycles. The zero-order valence-corrected chi connectivity index (χ0v) is 22.8. The lowest BCUT2D eigenvalue weighted by Crippen LogP contribution is -2.51. The number of hydrogen-bond acceptors (Lipinski definition) is 5. The van der Waals surface area contributed by atoms with Crippen LogP contribution in [-0.4, -0.2) is 40.4 Å². The van der Waals surface area contributed by atoms with Crippen LogP contribution in [0.3, 0.4) is 0 Å². The normalized spacial score (nSPS) is 12.4. The van der Waals surface area contributed by atoms with Gasteiger partial charge >= 0.3 is 6.09 Å². The highest BCUT2D eigenvalue weighted by atomic mass is 16.6. The number of anilines is 1. The predicted molar refractivity (Wildman–Crippen MR) is 146 cm³/mol. The molecule has 38 heavy (non-hydrogen) atoms. The number of amides is 4. The number of nitrogens with two attached hydrogens (primary N) is 1. The summed E-state index contributed by atoms with van der Waals surface area (Å²) in [7, 11) is 0. The lowest BCUT2D eigenvalue weighted by molar-refractivity contribution is -0.137. The molecule has 202 valence electrons. The van der Waals surface area contributed by atoms with Gasteiger partial charge in [-0.05, 0) is 70.2 Å². The van der Waals surface area contributed by atoms with Crippen LogP contribution in [-0.2, 0) is 19.1 Å². The van der Waals surface area contributed by atoms with Crippen LogP contribution in [0.2, 0.25) is 0 Å². The Hall–Kier alpha value is -4.32. The van der Waals surface area contributed by atoms with Crippen LogP contribution in [0.4, 0.5) is 10.5 Å². The maximum Gasteiger partial charge on any atom is 0.408 e. The number of aryl methyl sites for hydroxylation is 3. The molecule has 0 aromatic heterocycles. The number of benzene rings is 2. The molecule has 2 rings (SSSR count). The molecule has 9 nitrogen and oxygen atoms in total. The number of nitrogens with zero attached hydrogens (tertiary/aromatic N) is 1. The zero-order valence-electron chi connectivity index (χ0n) is 22.8. The molecule has 4 N–H and O–H groups in total. The van der Waals surface area contributed by atoms with Crippen molar-refractivity contribution in [2.45, 2.75) is 72.1 Å². The molecule has 0 saturated heterocycles. The predicted octanol–water partition coefficient (Wildman–Crippen LogP) is 3.87. The number of carbonyl (C=O) groups excluding carboxylic acids is 4. The van der Waals surface area contributed by atoms with Gasteiger partial charge in [-0.15, -0.1) is 0 Å². The summed E-state index contributed by atoms with van der Waals surface area (Å²) in [4.78, 5) is 52.5. The van der Waals surface area contributed by atoms with Gasteiger partial charge in [0.05, 0.1) is 0 Å². The number of para-hydroxylation sites is 1. The Bertz CT molecular complexity index is 1220. The first-order valence-electron chi connectivity index (χ1n) is 12.2. The molecule has 0 heterocycles. The summed E-state index contributed by atoms with van der Waals surface area (Å²) in [6.45, 7) is 10.5. The van der Waals surface area contributed by atoms with Crippen LogP contribution in [0.5, 0.6) is 0 Å². The summed E-state index contributed by atoms with van der Waals surface area (Å²) < 4.78 is 5.29. The van der Waals surface area contributed by atoms with Crippen molar-refractivity contribution in [1.82, 2.24) is 10.2 Å². The highest BCUT2D eigenvalue weighted by molar-refractivity contribution is 6.00. The number of ether oxygens (including phenoxy) is 1. The Kier molecular flexibility index (Phi) is 10.1. The molecule has 0 spiro atoms. The highest BCUT2D eigenvalue weighted by Gasteiger charge is 2.37. The van der Waals surface area contributed by atoms with Gasteiger partial charge in [-0.3, -0.25) is 19.3 Å². The molecule has 2 aromatic carbocycles. The van der Waals surface area contributed by atoms with E-state index < -0.39 is 41.5 Å². The average Bonchev–Trinajstić information content (AvgIpc) is 2.81. The highest BCUT2D eigenvalue weighted by Crippen LogP contribution is 2.28. The summed E-state index contributed by atoms with van der Waals surface area (Å²) in [6.07, 6.45) is 4.61. The Morgan fingerprint density at radius 1 is 1.00 bits per heavy atom. The molecular formula is C29H36N4O5. The molecule has 4 amide bonds. The van der Waals surface area contributed by atoms with E-state index in [1.54, 1.807) is 52.0 Å². The van der Waals surface area contributed by atoms with E-state index in [-0.39, 0.29) is 12.8 Å². The molecule has 2 atom stereocenters. The molecule has 2 aromatic rings. The Morgan fingerprint density at radius 3 is 2.11 bits per heavy atom. The van der Waals surface area contributed by atoms with Gasteiger partial charge < -0.3 is 21.1 Å². The number of carbonyl (C=O) groups is 4. The van der Waals surface area contributed by atoms with Crippen molar-refractivity contribution >= 4 is 29.5 Å². The van der Waals surface area contributed by atoms with Gasteiger partial charge in [0.15, 0.2) is 0 Å². The van der Waals surface area contributed by atoms with E-state index >= 15 is 0 Å². The number of terminal acetylenes is 1. The topological polar surface area (TPSA) is 131 Å². The van der Waals surface area contributed by atoms with Crippen LogP contribution in [0, 0.1) is 33.2 Å². The van der Waals surface area contributed by atoms with E-state index in [4.69, 9.17) is 16.9 Å². The van der Waals surface area contributed by atoms with Gasteiger partial charge in [0.1, 0.15) is 17.7 Å². The standard InChI is InChI=1S/C29H36N4O5/c1-8-33(27(36)22(16-17-23(30)34)31-28(37)38-29(5,6)7)25(21-15-10-9-12-18(21)2)26(35)32-24-19(3)13-11-14-20(24)4/h1,9-15,22,25H,16-17H2,2-7H3,(H2,30,34)(H,31,37)(H,32,35). The fourth-order valence-corrected chi connectivity index (χ4v) is 3.92. The van der Waals surface area contributed by atoms with E-state index in [9.17, 15) is 19.2 Å². The summed E-state index contributed by atoms with van der Waals surface area (Å²) in [5, 5.41) is 5.40. The lowest BCUT2D eigenvalue weighted by atomic mass is 9.97. The van der Waals surface area contributed by atoms with Crippen LogP contribution in [0.25, 0.3) is 0 Å². The van der Waals surface area contributed by atoms with E-state index in [1.807, 2.05) is 32.0 Å². The minimum atomic E-state index is -1.27. The average molecular weight is 521 g/mol.